The van der Waals surface area contributed by atoms with Gasteiger partial charge >= 0.3 is 12.4 Å². The van der Waals surface area contributed by atoms with Gasteiger partial charge in [-0.25, -0.2) is 9.97 Å². The van der Waals surface area contributed by atoms with Crippen LogP contribution in [-0.2, 0) is 18.8 Å². The van der Waals surface area contributed by atoms with E-state index in [2.05, 4.69) is 21.8 Å². The van der Waals surface area contributed by atoms with Gasteiger partial charge in [0.1, 0.15) is 6.10 Å². The lowest BCUT2D eigenvalue weighted by atomic mass is 10.1. The number of halogens is 6. The fourth-order valence-corrected chi connectivity index (χ4v) is 5.05. The number of hydrogen-bond donors (Lipinski definition) is 2. The Morgan fingerprint density at radius 1 is 0.615 bits per heavy atom. The lowest BCUT2D eigenvalue weighted by Crippen LogP contribution is -2.03. The van der Waals surface area contributed by atoms with Gasteiger partial charge in [-0.1, -0.05) is 60.4 Å². The van der Waals surface area contributed by atoms with E-state index in [4.69, 9.17) is 8.83 Å². The summed E-state index contributed by atoms with van der Waals surface area (Å²) in [7, 11) is 0. The van der Waals surface area contributed by atoms with E-state index in [0.29, 0.717) is 41.1 Å². The van der Waals surface area contributed by atoms with Crippen molar-refractivity contribution in [2.24, 2.45) is 0 Å². The second-order valence-electron chi connectivity index (χ2n) is 11.7. The lowest BCUT2D eigenvalue weighted by molar-refractivity contribution is -0.138. The van der Waals surface area contributed by atoms with Gasteiger partial charge in [0, 0.05) is 16.7 Å². The van der Waals surface area contributed by atoms with Gasteiger partial charge in [0.05, 0.1) is 22.5 Å². The zero-order chi connectivity index (χ0) is 37.5. The molecule has 0 saturated carbocycles. The molecule has 6 nitrogen and oxygen atoms in total. The summed E-state index contributed by atoms with van der Waals surface area (Å²) in [6, 6.07) is 28.0. The topological polar surface area (TPSA) is 92.5 Å². The average Bonchev–Trinajstić information content (AvgIpc) is 3.72. The Morgan fingerprint density at radius 2 is 1.06 bits per heavy atom. The third-order valence-corrected chi connectivity index (χ3v) is 7.81. The molecule has 52 heavy (non-hydrogen) atoms. The standard InChI is InChI=1S/C20H18F3NO2.C20H14F3NO2/c2*1-13-18(17(25)12-7-14-5-3-2-4-6-14)26-19(24-13)15-8-10-16(11-9-15)20(21,22)23/h2-6,8-11,17,25H,7,12H2,1H3;2-6,8-11,17,25H,1H3. The van der Waals surface area contributed by atoms with E-state index in [0.717, 1.165) is 35.4 Å². The van der Waals surface area contributed by atoms with Crippen LogP contribution < -0.4 is 0 Å². The van der Waals surface area contributed by atoms with Crippen LogP contribution in [0.5, 0.6) is 0 Å². The average molecular weight is 719 g/mol. The zero-order valence-electron chi connectivity index (χ0n) is 27.8. The van der Waals surface area contributed by atoms with Gasteiger partial charge in [0.25, 0.3) is 0 Å². The summed E-state index contributed by atoms with van der Waals surface area (Å²) in [5.41, 5.74) is 2.14. The first-order valence-electron chi connectivity index (χ1n) is 16.0. The van der Waals surface area contributed by atoms with Crippen LogP contribution in [0.1, 0.15) is 63.8 Å². The summed E-state index contributed by atoms with van der Waals surface area (Å²) >= 11 is 0. The first kappa shape index (κ1) is 37.6. The third-order valence-electron chi connectivity index (χ3n) is 7.81. The van der Waals surface area contributed by atoms with Crippen molar-refractivity contribution in [1.82, 2.24) is 9.97 Å². The molecule has 2 unspecified atom stereocenters. The van der Waals surface area contributed by atoms with Gasteiger partial charge in [-0.3, -0.25) is 0 Å². The monoisotopic (exact) mass is 718 g/mol. The Kier molecular flexibility index (Phi) is 11.7. The van der Waals surface area contributed by atoms with Crippen molar-refractivity contribution in [3.63, 3.8) is 0 Å². The molecule has 0 saturated heterocycles. The van der Waals surface area contributed by atoms with Crippen LogP contribution in [0.2, 0.25) is 0 Å². The number of benzene rings is 4. The second kappa shape index (κ2) is 16.1. The molecule has 12 heteroatoms. The number of hydrogen-bond acceptors (Lipinski definition) is 6. The molecule has 2 aromatic heterocycles. The molecular formula is C40H32F6N2O4. The van der Waals surface area contributed by atoms with Gasteiger partial charge in [0.15, 0.2) is 17.6 Å². The van der Waals surface area contributed by atoms with Crippen molar-refractivity contribution < 1.29 is 45.4 Å². The van der Waals surface area contributed by atoms with Gasteiger partial charge in [-0.05, 0) is 92.9 Å². The number of aromatic nitrogens is 2. The smallest absolute Gasteiger partial charge is 0.416 e. The summed E-state index contributed by atoms with van der Waals surface area (Å²) in [6.07, 6.45) is -9.66. The Bertz CT molecular complexity index is 2110. The predicted octanol–water partition coefficient (Wildman–Crippen LogP) is 10.1. The molecule has 0 fully saturated rings. The minimum absolute atomic E-state index is 0.131. The minimum atomic E-state index is -4.40. The maximum atomic E-state index is 12.6. The summed E-state index contributed by atoms with van der Waals surface area (Å²) in [5.74, 6) is 6.35. The second-order valence-corrected chi connectivity index (χ2v) is 11.7. The number of aryl methyl sites for hydroxylation is 3. The molecule has 0 aliphatic heterocycles. The summed E-state index contributed by atoms with van der Waals surface area (Å²) in [4.78, 5) is 8.41. The highest BCUT2D eigenvalue weighted by Gasteiger charge is 2.31. The molecule has 0 radical (unpaired) electrons. The molecule has 2 heterocycles. The van der Waals surface area contributed by atoms with E-state index >= 15 is 0 Å². The van der Waals surface area contributed by atoms with Crippen LogP contribution in [-0.4, -0.2) is 20.2 Å². The lowest BCUT2D eigenvalue weighted by Gasteiger charge is -2.08. The molecule has 6 rings (SSSR count). The quantitative estimate of drug-likeness (QED) is 0.126. The highest BCUT2D eigenvalue weighted by atomic mass is 19.4. The number of aliphatic hydroxyl groups is 2. The van der Waals surface area contributed by atoms with Crippen molar-refractivity contribution in [3.05, 3.63) is 154 Å². The van der Waals surface area contributed by atoms with E-state index < -0.39 is 35.7 Å². The maximum Gasteiger partial charge on any atom is 0.416 e. The fraction of sp³-hybridized carbons (Fsp3) is 0.200. The summed E-state index contributed by atoms with van der Waals surface area (Å²) in [5, 5.41) is 20.6. The molecular weight excluding hydrogens is 686 g/mol. The first-order valence-corrected chi connectivity index (χ1v) is 16.0. The van der Waals surface area contributed by atoms with Gasteiger partial charge in [-0.2, -0.15) is 26.3 Å². The molecule has 0 aliphatic carbocycles. The molecule has 0 spiro atoms. The first-order chi connectivity index (χ1) is 24.7. The predicted molar refractivity (Wildman–Crippen MR) is 181 cm³/mol. The Hall–Kier alpha value is -5.64. The fourth-order valence-electron chi connectivity index (χ4n) is 5.05. The van der Waals surface area contributed by atoms with Crippen LogP contribution in [0.25, 0.3) is 22.9 Å². The third kappa shape index (κ3) is 9.78. The molecule has 4 aromatic carbocycles. The van der Waals surface area contributed by atoms with E-state index in [1.165, 1.54) is 24.3 Å². The van der Waals surface area contributed by atoms with Gasteiger partial charge in [0.2, 0.25) is 11.8 Å². The number of nitrogens with zero attached hydrogens (tertiary/aromatic N) is 2. The summed E-state index contributed by atoms with van der Waals surface area (Å²) < 4.78 is 87.0. The van der Waals surface area contributed by atoms with Crippen molar-refractivity contribution in [2.75, 3.05) is 0 Å². The van der Waals surface area contributed by atoms with Crippen molar-refractivity contribution in [3.8, 4) is 34.7 Å². The van der Waals surface area contributed by atoms with Crippen LogP contribution in [0.4, 0.5) is 26.3 Å². The molecule has 2 N–H and O–H groups in total. The summed E-state index contributed by atoms with van der Waals surface area (Å²) in [6.45, 7) is 3.35. The van der Waals surface area contributed by atoms with Crippen LogP contribution >= 0.6 is 0 Å². The van der Waals surface area contributed by atoms with Crippen molar-refractivity contribution in [2.45, 2.75) is 51.2 Å². The van der Waals surface area contributed by atoms with E-state index in [-0.39, 0.29) is 17.5 Å². The van der Waals surface area contributed by atoms with E-state index in [9.17, 15) is 36.6 Å². The highest BCUT2D eigenvalue weighted by Crippen LogP contribution is 2.34. The van der Waals surface area contributed by atoms with Gasteiger partial charge in [-0.15, -0.1) is 0 Å². The molecule has 6 aromatic rings. The largest absolute Gasteiger partial charge is 0.438 e. The number of aliphatic hydroxyl groups excluding tert-OH is 2. The highest BCUT2D eigenvalue weighted by molar-refractivity contribution is 5.55. The van der Waals surface area contributed by atoms with Gasteiger partial charge < -0.3 is 19.0 Å². The number of rotatable bonds is 7. The van der Waals surface area contributed by atoms with Crippen molar-refractivity contribution in [1.29, 1.82) is 0 Å². The molecule has 268 valence electrons. The molecule has 0 aliphatic rings. The SMILES string of the molecule is Cc1nc(-c2ccc(C(F)(F)F)cc2)oc1C(O)C#Cc1ccccc1.Cc1nc(-c2ccc(C(F)(F)F)cc2)oc1C(O)CCc1ccccc1. The minimum Gasteiger partial charge on any atom is -0.438 e. The molecule has 0 bridgehead atoms. The van der Waals surface area contributed by atoms with Crippen LogP contribution in [0.15, 0.2) is 118 Å². The Morgan fingerprint density at radius 3 is 1.54 bits per heavy atom. The Balaban J connectivity index is 0.000000201. The maximum absolute atomic E-state index is 12.6. The molecule has 2 atom stereocenters. The van der Waals surface area contributed by atoms with E-state index in [1.54, 1.807) is 26.0 Å². The number of oxazole rings is 2. The Labute approximate surface area is 295 Å². The van der Waals surface area contributed by atoms with Crippen LogP contribution in [0.3, 0.4) is 0 Å². The normalized spacial score (nSPS) is 12.7. The zero-order valence-corrected chi connectivity index (χ0v) is 27.8. The molecule has 0 amide bonds. The van der Waals surface area contributed by atoms with Crippen molar-refractivity contribution >= 4 is 0 Å². The van der Waals surface area contributed by atoms with E-state index in [1.807, 2.05) is 48.5 Å². The van der Waals surface area contributed by atoms with Crippen LogP contribution in [0, 0.1) is 25.7 Å². The number of alkyl halides is 6.